The fourth-order valence-corrected chi connectivity index (χ4v) is 1.32. The van der Waals surface area contributed by atoms with Crippen molar-refractivity contribution in [1.82, 2.24) is 0 Å². The minimum atomic E-state index is -0.263. The van der Waals surface area contributed by atoms with Gasteiger partial charge in [-0.3, -0.25) is 4.79 Å². The Kier molecular flexibility index (Phi) is 2.59. The van der Waals surface area contributed by atoms with Crippen molar-refractivity contribution in [2.24, 2.45) is 0 Å². The third kappa shape index (κ3) is 2.10. The van der Waals surface area contributed by atoms with Crippen molar-refractivity contribution in [3.05, 3.63) is 35.9 Å². The highest BCUT2D eigenvalue weighted by molar-refractivity contribution is 5.72. The van der Waals surface area contributed by atoms with E-state index >= 15 is 0 Å². The Morgan fingerprint density at radius 3 is 3.20 bits per heavy atom. The van der Waals surface area contributed by atoms with Crippen LogP contribution in [0.25, 0.3) is 0 Å². The zero-order valence-electron chi connectivity index (χ0n) is 8.24. The molecule has 1 aliphatic heterocycles. The predicted octanol–water partition coefficient (Wildman–Crippen LogP) is 1.31. The number of benzene rings is 1. The summed E-state index contributed by atoms with van der Waals surface area (Å²) in [6.07, 6.45) is 0.251. The van der Waals surface area contributed by atoms with Gasteiger partial charge in [-0.15, -0.1) is 0 Å². The lowest BCUT2D eigenvalue weighted by Crippen LogP contribution is -2.05. The molecule has 0 amide bonds. The molecule has 1 radical (unpaired) electrons. The first kappa shape index (κ1) is 9.60. The molecule has 0 fully saturated rings. The molecule has 3 heteroatoms. The highest BCUT2D eigenvalue weighted by Gasteiger charge is 2.09. The molecule has 0 aromatic heterocycles. The fraction of sp³-hybridized carbons (Fsp3) is 0.167. The lowest BCUT2D eigenvalue weighted by molar-refractivity contribution is -0.139. The van der Waals surface area contributed by atoms with Crippen LogP contribution in [0.5, 0.6) is 5.75 Å². The molecule has 15 heavy (non-hydrogen) atoms. The Morgan fingerprint density at radius 2 is 2.40 bits per heavy atom. The third-order valence-electron chi connectivity index (χ3n) is 2.07. The van der Waals surface area contributed by atoms with E-state index in [-0.39, 0.29) is 12.4 Å². The summed E-state index contributed by atoms with van der Waals surface area (Å²) in [5.41, 5.74) is 1.70. The second kappa shape index (κ2) is 4.05. The molecular formula is C12H9O3. The largest absolute Gasteiger partial charge is 0.471 e. The maximum Gasteiger partial charge on any atom is 0.309 e. The number of hydrogen-bond acceptors (Lipinski definition) is 3. The molecule has 0 saturated carbocycles. The van der Waals surface area contributed by atoms with Crippen LogP contribution in [0.1, 0.15) is 11.1 Å². The molecule has 1 aromatic rings. The smallest absolute Gasteiger partial charge is 0.309 e. The van der Waals surface area contributed by atoms with Crippen LogP contribution >= 0.6 is 0 Å². The molecular weight excluding hydrogens is 192 g/mol. The summed E-state index contributed by atoms with van der Waals surface area (Å²) in [5, 5.41) is 0. The summed E-state index contributed by atoms with van der Waals surface area (Å²) in [7, 11) is 1.37. The molecule has 75 valence electrons. The number of esters is 1. The molecule has 1 aliphatic rings. The quantitative estimate of drug-likeness (QED) is 0.534. The van der Waals surface area contributed by atoms with Crippen LogP contribution < -0.4 is 4.74 Å². The number of carbonyl (C=O) groups excluding carboxylic acids is 1. The van der Waals surface area contributed by atoms with E-state index in [1.54, 1.807) is 6.07 Å². The lowest BCUT2D eigenvalue weighted by Gasteiger charge is -2.09. The van der Waals surface area contributed by atoms with Gasteiger partial charge in [0.05, 0.1) is 19.1 Å². The second-order valence-corrected chi connectivity index (χ2v) is 3.09. The number of methoxy groups -OCH3 is 1. The molecule has 0 aliphatic carbocycles. The van der Waals surface area contributed by atoms with Crippen molar-refractivity contribution in [2.75, 3.05) is 7.11 Å². The average molecular weight is 201 g/mol. The summed E-state index contributed by atoms with van der Waals surface area (Å²) in [4.78, 5) is 11.1. The lowest BCUT2D eigenvalue weighted by atomic mass is 10.1. The molecule has 3 nitrogen and oxygen atoms in total. The molecule has 2 rings (SSSR count). The van der Waals surface area contributed by atoms with Crippen LogP contribution in [-0.2, 0) is 16.0 Å². The van der Waals surface area contributed by atoms with Crippen molar-refractivity contribution in [2.45, 2.75) is 6.42 Å². The summed E-state index contributed by atoms with van der Waals surface area (Å²) >= 11 is 0. The van der Waals surface area contributed by atoms with Crippen LogP contribution in [0.3, 0.4) is 0 Å². The van der Waals surface area contributed by atoms with E-state index in [9.17, 15) is 4.79 Å². The first-order valence-electron chi connectivity index (χ1n) is 4.49. The van der Waals surface area contributed by atoms with Crippen LogP contribution in [0.2, 0.25) is 0 Å². The molecule has 0 unspecified atom stereocenters. The summed E-state index contributed by atoms with van der Waals surface area (Å²) < 4.78 is 9.81. The standard InChI is InChI=1S/C12H9O3/c1-14-12(13)8-9-4-5-10-3-2-6-15-11(10)7-9/h4-7H,8H2,1H3. The van der Waals surface area contributed by atoms with E-state index in [1.165, 1.54) is 13.7 Å². The fourth-order valence-electron chi connectivity index (χ4n) is 1.32. The summed E-state index contributed by atoms with van der Waals surface area (Å²) in [6, 6.07) is 5.49. The summed E-state index contributed by atoms with van der Waals surface area (Å²) in [6.45, 7) is 1.43. The van der Waals surface area contributed by atoms with Crippen molar-refractivity contribution in [3.8, 4) is 17.6 Å². The molecule has 1 aromatic carbocycles. The van der Waals surface area contributed by atoms with E-state index in [1.807, 2.05) is 12.1 Å². The van der Waals surface area contributed by atoms with Gasteiger partial charge in [-0.25, -0.2) is 0 Å². The van der Waals surface area contributed by atoms with Crippen molar-refractivity contribution in [1.29, 1.82) is 0 Å². The van der Waals surface area contributed by atoms with Gasteiger partial charge in [0, 0.05) is 0 Å². The van der Waals surface area contributed by atoms with Crippen molar-refractivity contribution in [3.63, 3.8) is 0 Å². The van der Waals surface area contributed by atoms with E-state index in [0.29, 0.717) is 5.75 Å². The van der Waals surface area contributed by atoms with E-state index in [0.717, 1.165) is 11.1 Å². The average Bonchev–Trinajstić information content (AvgIpc) is 2.29. The van der Waals surface area contributed by atoms with Crippen molar-refractivity contribution >= 4 is 5.97 Å². The Balaban J connectivity index is 2.23. The Labute approximate surface area is 88.0 Å². The highest BCUT2D eigenvalue weighted by atomic mass is 16.5. The highest BCUT2D eigenvalue weighted by Crippen LogP contribution is 2.22. The Bertz CT molecular complexity index is 452. The number of fused-ring (bicyclic) bond motifs is 1. The van der Waals surface area contributed by atoms with Gasteiger partial charge >= 0.3 is 5.97 Å². The van der Waals surface area contributed by atoms with Gasteiger partial charge in [0.15, 0.2) is 0 Å². The first-order chi connectivity index (χ1) is 7.29. The van der Waals surface area contributed by atoms with Crippen LogP contribution in [-0.4, -0.2) is 13.1 Å². The predicted molar refractivity (Wildman–Crippen MR) is 54.0 cm³/mol. The zero-order valence-corrected chi connectivity index (χ0v) is 8.24. The molecule has 0 saturated heterocycles. The third-order valence-corrected chi connectivity index (χ3v) is 2.07. The normalized spacial score (nSPS) is 11.8. The van der Waals surface area contributed by atoms with Gasteiger partial charge in [-0.2, -0.15) is 0 Å². The Hall–Kier alpha value is -1.95. The van der Waals surface area contributed by atoms with Crippen LogP contribution in [0.15, 0.2) is 18.2 Å². The van der Waals surface area contributed by atoms with E-state index in [4.69, 9.17) is 4.74 Å². The molecule has 0 atom stereocenters. The number of hydrogen-bond donors (Lipinski definition) is 0. The minimum Gasteiger partial charge on any atom is -0.471 e. The number of carbonyl (C=O) groups is 1. The Morgan fingerprint density at radius 1 is 1.53 bits per heavy atom. The van der Waals surface area contributed by atoms with Gasteiger partial charge in [-0.05, 0) is 23.6 Å². The van der Waals surface area contributed by atoms with Gasteiger partial charge in [-0.1, -0.05) is 12.0 Å². The van der Waals surface area contributed by atoms with E-state index in [2.05, 4.69) is 16.6 Å². The first-order valence-corrected chi connectivity index (χ1v) is 4.49. The molecule has 0 bridgehead atoms. The number of ether oxygens (including phenoxy) is 2. The molecule has 0 spiro atoms. The monoisotopic (exact) mass is 201 g/mol. The van der Waals surface area contributed by atoms with Crippen LogP contribution in [0, 0.1) is 18.4 Å². The molecule has 0 N–H and O–H groups in total. The van der Waals surface area contributed by atoms with Crippen LogP contribution in [0.4, 0.5) is 0 Å². The topological polar surface area (TPSA) is 35.5 Å². The van der Waals surface area contributed by atoms with Gasteiger partial charge in [0.2, 0.25) is 6.61 Å². The van der Waals surface area contributed by atoms with E-state index < -0.39 is 0 Å². The maximum absolute atomic E-state index is 11.1. The van der Waals surface area contributed by atoms with Gasteiger partial charge in [0.1, 0.15) is 5.75 Å². The van der Waals surface area contributed by atoms with Gasteiger partial charge in [0.25, 0.3) is 0 Å². The molecule has 1 heterocycles. The second-order valence-electron chi connectivity index (χ2n) is 3.09. The maximum atomic E-state index is 11.1. The summed E-state index contributed by atoms with van der Waals surface area (Å²) in [5.74, 6) is 6.06. The zero-order chi connectivity index (χ0) is 10.7. The van der Waals surface area contributed by atoms with Gasteiger partial charge < -0.3 is 9.47 Å². The van der Waals surface area contributed by atoms with Crippen molar-refractivity contribution < 1.29 is 14.3 Å². The minimum absolute atomic E-state index is 0.251. The number of rotatable bonds is 2. The SMILES string of the molecule is COC(=O)Cc1ccc2c(c1)O[CH]C#C2.